The molecule has 0 amide bonds. The van der Waals surface area contributed by atoms with Crippen molar-refractivity contribution in [3.05, 3.63) is 46.4 Å². The molecular weight excluding hydrogens is 382 g/mol. The van der Waals surface area contributed by atoms with Crippen molar-refractivity contribution in [2.24, 2.45) is 0 Å². The summed E-state index contributed by atoms with van der Waals surface area (Å²) in [4.78, 5) is 18.2. The molecule has 0 spiro atoms. The lowest BCUT2D eigenvalue weighted by atomic mass is 9.95. The van der Waals surface area contributed by atoms with Crippen LogP contribution in [0.1, 0.15) is 49.4 Å². The number of nitrogens with zero attached hydrogens (tertiary/aromatic N) is 2. The van der Waals surface area contributed by atoms with E-state index in [4.69, 9.17) is 15.0 Å². The molecule has 0 radical (unpaired) electrons. The molecule has 2 aromatic heterocycles. The van der Waals surface area contributed by atoms with Gasteiger partial charge in [-0.3, -0.25) is 4.79 Å². The van der Waals surface area contributed by atoms with Crippen LogP contribution >= 0.6 is 11.3 Å². The zero-order valence-electron chi connectivity index (χ0n) is 17.7. The minimum Gasteiger partial charge on any atom is -0.675 e. The third kappa shape index (κ3) is 4.14. The molecule has 0 bridgehead atoms. The average Bonchev–Trinajstić information content (AvgIpc) is 3.05. The number of aromatic nitrogens is 1. The summed E-state index contributed by atoms with van der Waals surface area (Å²) in [6.07, 6.45) is 4.27. The molecule has 1 aliphatic rings. The lowest BCUT2D eigenvalue weighted by Gasteiger charge is -2.26. The Bertz CT molecular complexity index is 1030. The molecule has 1 aromatic carbocycles. The number of quaternary nitrogens is 1. The van der Waals surface area contributed by atoms with Crippen LogP contribution in [0.3, 0.4) is 0 Å². The van der Waals surface area contributed by atoms with Crippen molar-refractivity contribution in [1.82, 2.24) is 11.1 Å². The SMILES string of the molecule is CCCCC(=O)Oc1c(C)nc2sc3c(c2c1-c1ccc(C)cc1)CCC[N-]3.[NH4+]. The summed E-state index contributed by atoms with van der Waals surface area (Å²) in [5.74, 6) is 0.414. The molecule has 4 rings (SSSR count). The summed E-state index contributed by atoms with van der Waals surface area (Å²) in [5, 5.41) is 6.90. The van der Waals surface area contributed by atoms with E-state index >= 15 is 0 Å². The van der Waals surface area contributed by atoms with Gasteiger partial charge in [0.1, 0.15) is 4.83 Å². The lowest BCUT2D eigenvalue weighted by Crippen LogP contribution is -2.10. The summed E-state index contributed by atoms with van der Waals surface area (Å²) in [5.41, 5.74) is 5.26. The molecule has 3 heterocycles. The van der Waals surface area contributed by atoms with Gasteiger partial charge in [-0.05, 0) is 37.8 Å². The van der Waals surface area contributed by atoms with Crippen LogP contribution in [-0.4, -0.2) is 17.5 Å². The standard InChI is InChI=1S/C23H25N2O2S.H3N/c1-4-5-8-18(26)27-21-15(3)25-23-20(17-7-6-13-24-22(17)28-23)19(21)16-11-9-14(2)10-12-16;/h9-12H,4-8,13H2,1-3H3;1H3/q-1;/p+1. The van der Waals surface area contributed by atoms with Gasteiger partial charge in [-0.25, -0.2) is 4.98 Å². The number of esters is 1. The number of carbonyl (C=O) groups is 1. The first-order valence-electron chi connectivity index (χ1n) is 9.99. The van der Waals surface area contributed by atoms with Gasteiger partial charge in [0.05, 0.1) is 5.69 Å². The third-order valence-electron chi connectivity index (χ3n) is 5.17. The van der Waals surface area contributed by atoms with Crippen LogP contribution in [0.4, 0.5) is 5.00 Å². The van der Waals surface area contributed by atoms with Crippen LogP contribution in [0.25, 0.3) is 26.7 Å². The van der Waals surface area contributed by atoms with Crippen LogP contribution in [0.5, 0.6) is 5.75 Å². The summed E-state index contributed by atoms with van der Waals surface area (Å²) >= 11 is 1.65. The molecule has 0 saturated heterocycles. The maximum Gasteiger partial charge on any atom is 0.311 e. The Morgan fingerprint density at radius 3 is 2.72 bits per heavy atom. The number of thiophene rings is 1. The highest BCUT2D eigenvalue weighted by Gasteiger charge is 2.23. The van der Waals surface area contributed by atoms with Crippen molar-refractivity contribution in [3.63, 3.8) is 0 Å². The topological polar surface area (TPSA) is 89.8 Å². The van der Waals surface area contributed by atoms with Gasteiger partial charge in [0.25, 0.3) is 0 Å². The van der Waals surface area contributed by atoms with Gasteiger partial charge < -0.3 is 16.2 Å². The molecule has 154 valence electrons. The van der Waals surface area contributed by atoms with Crippen LogP contribution in [0, 0.1) is 13.8 Å². The number of carbonyl (C=O) groups excluding carboxylic acids is 1. The third-order valence-corrected chi connectivity index (χ3v) is 6.23. The van der Waals surface area contributed by atoms with E-state index < -0.39 is 0 Å². The first-order chi connectivity index (χ1) is 13.6. The minimum atomic E-state index is -0.187. The summed E-state index contributed by atoms with van der Waals surface area (Å²) in [6.45, 7) is 6.95. The number of unbranched alkanes of at least 4 members (excludes halogenated alkanes) is 1. The summed E-state index contributed by atoms with van der Waals surface area (Å²) in [7, 11) is 0. The number of ether oxygens (including phenoxy) is 1. The number of pyridine rings is 1. The Hall–Kier alpha value is -2.44. The average molecular weight is 412 g/mol. The lowest BCUT2D eigenvalue weighted by molar-refractivity contribution is -0.134. The fraction of sp³-hybridized carbons (Fsp3) is 0.391. The second kappa shape index (κ2) is 8.93. The number of rotatable bonds is 5. The molecular formula is C23H29N3O2S. The largest absolute Gasteiger partial charge is 0.675 e. The molecule has 0 unspecified atom stereocenters. The van der Waals surface area contributed by atoms with Crippen molar-refractivity contribution in [1.29, 1.82) is 0 Å². The second-order valence-corrected chi connectivity index (χ2v) is 8.37. The fourth-order valence-corrected chi connectivity index (χ4v) is 4.85. The Morgan fingerprint density at radius 1 is 1.24 bits per heavy atom. The van der Waals surface area contributed by atoms with E-state index in [1.165, 1.54) is 11.1 Å². The number of benzene rings is 1. The van der Waals surface area contributed by atoms with E-state index in [1.807, 2.05) is 6.92 Å². The Labute approximate surface area is 176 Å². The Morgan fingerprint density at radius 2 is 2.00 bits per heavy atom. The van der Waals surface area contributed by atoms with Gasteiger partial charge in [-0.15, -0.1) is 17.9 Å². The Balaban J connectivity index is 0.00000240. The molecule has 0 saturated carbocycles. The van der Waals surface area contributed by atoms with Crippen LogP contribution < -0.4 is 10.9 Å². The van der Waals surface area contributed by atoms with E-state index in [0.29, 0.717) is 12.2 Å². The number of aryl methyl sites for hydroxylation is 3. The number of hydrogen-bond acceptors (Lipinski definition) is 4. The molecule has 4 N–H and O–H groups in total. The van der Waals surface area contributed by atoms with E-state index in [0.717, 1.165) is 64.3 Å². The normalized spacial score (nSPS) is 12.8. The van der Waals surface area contributed by atoms with Crippen molar-refractivity contribution in [3.8, 4) is 16.9 Å². The molecule has 5 nitrogen and oxygen atoms in total. The van der Waals surface area contributed by atoms with E-state index in [2.05, 4.69) is 38.1 Å². The highest BCUT2D eigenvalue weighted by molar-refractivity contribution is 7.23. The molecule has 29 heavy (non-hydrogen) atoms. The summed E-state index contributed by atoms with van der Waals surface area (Å²) in [6, 6.07) is 8.42. The number of fused-ring (bicyclic) bond motifs is 3. The highest BCUT2D eigenvalue weighted by Crippen LogP contribution is 2.49. The number of hydrogen-bond donors (Lipinski definition) is 1. The maximum atomic E-state index is 12.5. The minimum absolute atomic E-state index is 0. The first-order valence-corrected chi connectivity index (χ1v) is 10.8. The molecule has 0 atom stereocenters. The molecule has 0 fully saturated rings. The van der Waals surface area contributed by atoms with Gasteiger partial charge >= 0.3 is 5.97 Å². The van der Waals surface area contributed by atoms with Gasteiger partial charge in [-0.1, -0.05) is 54.6 Å². The zero-order chi connectivity index (χ0) is 19.7. The maximum absolute atomic E-state index is 12.5. The molecule has 6 heteroatoms. The van der Waals surface area contributed by atoms with Gasteiger partial charge in [0, 0.05) is 17.4 Å². The van der Waals surface area contributed by atoms with Gasteiger partial charge in [-0.2, -0.15) is 0 Å². The van der Waals surface area contributed by atoms with Crippen molar-refractivity contribution in [2.75, 3.05) is 6.54 Å². The van der Waals surface area contributed by atoms with Crippen molar-refractivity contribution < 1.29 is 9.53 Å². The zero-order valence-corrected chi connectivity index (χ0v) is 18.5. The fourth-order valence-electron chi connectivity index (χ4n) is 3.68. The first kappa shape index (κ1) is 21.3. The van der Waals surface area contributed by atoms with Gasteiger partial charge in [0.2, 0.25) is 0 Å². The van der Waals surface area contributed by atoms with Crippen molar-refractivity contribution in [2.45, 2.75) is 52.9 Å². The van der Waals surface area contributed by atoms with E-state index in [-0.39, 0.29) is 12.1 Å². The Kier molecular flexibility index (Phi) is 6.55. The van der Waals surface area contributed by atoms with E-state index in [1.54, 1.807) is 11.3 Å². The second-order valence-electron chi connectivity index (χ2n) is 7.40. The van der Waals surface area contributed by atoms with Crippen LogP contribution in [-0.2, 0) is 11.2 Å². The van der Waals surface area contributed by atoms with Crippen LogP contribution in [0.15, 0.2) is 24.3 Å². The quantitative estimate of drug-likeness (QED) is 0.458. The van der Waals surface area contributed by atoms with Gasteiger partial charge in [0.15, 0.2) is 5.75 Å². The molecule has 1 aliphatic heterocycles. The van der Waals surface area contributed by atoms with E-state index in [9.17, 15) is 4.79 Å². The molecule has 0 aliphatic carbocycles. The smallest absolute Gasteiger partial charge is 0.311 e. The monoisotopic (exact) mass is 411 g/mol. The van der Waals surface area contributed by atoms with Crippen LogP contribution in [0.2, 0.25) is 0 Å². The summed E-state index contributed by atoms with van der Waals surface area (Å²) < 4.78 is 5.90. The predicted molar refractivity (Wildman–Crippen MR) is 122 cm³/mol. The van der Waals surface area contributed by atoms with Crippen molar-refractivity contribution >= 4 is 32.5 Å². The predicted octanol–water partition coefficient (Wildman–Crippen LogP) is 7.00. The molecule has 3 aromatic rings. The highest BCUT2D eigenvalue weighted by atomic mass is 32.1.